The molecule has 0 unspecified atom stereocenters. The van der Waals surface area contributed by atoms with Gasteiger partial charge in [-0.15, -0.1) is 0 Å². The first-order valence-electron chi connectivity index (χ1n) is 6.96. The first-order chi connectivity index (χ1) is 9.58. The van der Waals surface area contributed by atoms with Crippen molar-refractivity contribution in [2.75, 3.05) is 13.1 Å². The predicted molar refractivity (Wildman–Crippen MR) is 72.9 cm³/mol. The molecule has 0 saturated carbocycles. The molecule has 2 heterocycles. The summed E-state index contributed by atoms with van der Waals surface area (Å²) in [6, 6.07) is 0. The Morgan fingerprint density at radius 1 is 1.50 bits per heavy atom. The second-order valence-corrected chi connectivity index (χ2v) is 5.46. The molecule has 1 saturated heterocycles. The van der Waals surface area contributed by atoms with Gasteiger partial charge in [0.1, 0.15) is 6.33 Å². The number of β-amino-alcohol motifs (C(OH)–C–C–N with tert-alkyl or cyclic N) is 1. The second-order valence-electron chi connectivity index (χ2n) is 5.46. The molecule has 1 aromatic rings. The summed E-state index contributed by atoms with van der Waals surface area (Å²) in [5.41, 5.74) is -0.0173. The molecule has 110 valence electrons. The van der Waals surface area contributed by atoms with E-state index in [2.05, 4.69) is 14.9 Å². The molecule has 0 aromatic carbocycles. The minimum atomic E-state index is -0.988. The quantitative estimate of drug-likeness (QED) is 0.833. The molecule has 1 fully saturated rings. The maximum absolute atomic E-state index is 11.5. The van der Waals surface area contributed by atoms with E-state index in [4.69, 9.17) is 0 Å². The van der Waals surface area contributed by atoms with Gasteiger partial charge in [0.05, 0.1) is 11.5 Å². The van der Waals surface area contributed by atoms with Gasteiger partial charge in [-0.3, -0.25) is 9.69 Å². The highest BCUT2D eigenvalue weighted by Gasteiger charge is 2.47. The highest BCUT2D eigenvalue weighted by molar-refractivity contribution is 5.75. The van der Waals surface area contributed by atoms with E-state index in [0.717, 1.165) is 12.0 Å². The van der Waals surface area contributed by atoms with Gasteiger partial charge in [-0.05, 0) is 19.4 Å². The zero-order chi connectivity index (χ0) is 14.6. The Hall–Kier alpha value is -1.53. The van der Waals surface area contributed by atoms with Crippen molar-refractivity contribution in [3.63, 3.8) is 0 Å². The fourth-order valence-electron chi connectivity index (χ4n) is 2.94. The van der Waals surface area contributed by atoms with Gasteiger partial charge in [0.25, 0.3) is 0 Å². The van der Waals surface area contributed by atoms with Crippen molar-refractivity contribution in [3.05, 3.63) is 24.3 Å². The molecule has 0 radical (unpaired) electrons. The fourth-order valence-corrected chi connectivity index (χ4v) is 2.94. The van der Waals surface area contributed by atoms with Gasteiger partial charge in [-0.25, -0.2) is 9.97 Å². The number of rotatable bonds is 5. The Morgan fingerprint density at radius 3 is 2.75 bits per heavy atom. The number of piperidine rings is 1. The topological polar surface area (TPSA) is 86.5 Å². The monoisotopic (exact) mass is 279 g/mol. The third-order valence-electron chi connectivity index (χ3n) is 4.09. The summed E-state index contributed by atoms with van der Waals surface area (Å²) >= 11 is 0. The van der Waals surface area contributed by atoms with Crippen molar-refractivity contribution in [2.24, 2.45) is 5.41 Å². The van der Waals surface area contributed by atoms with Crippen LogP contribution in [0.15, 0.2) is 18.7 Å². The summed E-state index contributed by atoms with van der Waals surface area (Å²) in [7, 11) is 0. The summed E-state index contributed by atoms with van der Waals surface area (Å²) in [6.45, 7) is 3.63. The van der Waals surface area contributed by atoms with Crippen LogP contribution < -0.4 is 0 Å². The molecule has 1 aliphatic heterocycles. The summed E-state index contributed by atoms with van der Waals surface area (Å²) in [5.74, 6) is -0.880. The van der Waals surface area contributed by atoms with Crippen LogP contribution in [0.2, 0.25) is 0 Å². The Balaban J connectivity index is 2.03. The van der Waals surface area contributed by atoms with Crippen LogP contribution in [0.1, 0.15) is 31.7 Å². The fraction of sp³-hybridized carbons (Fsp3) is 0.643. The second kappa shape index (κ2) is 6.28. The zero-order valence-corrected chi connectivity index (χ0v) is 11.7. The third kappa shape index (κ3) is 2.96. The molecule has 2 N–H and O–H groups in total. The summed E-state index contributed by atoms with van der Waals surface area (Å²) in [6.07, 6.45) is 5.88. The lowest BCUT2D eigenvalue weighted by molar-refractivity contribution is -0.164. The van der Waals surface area contributed by atoms with Crippen molar-refractivity contribution in [1.82, 2.24) is 14.9 Å². The van der Waals surface area contributed by atoms with Crippen molar-refractivity contribution >= 4 is 5.97 Å². The van der Waals surface area contributed by atoms with E-state index in [9.17, 15) is 15.0 Å². The summed E-state index contributed by atoms with van der Waals surface area (Å²) in [4.78, 5) is 21.5. The number of likely N-dealkylation sites (tertiary alicyclic amines) is 1. The lowest BCUT2D eigenvalue weighted by atomic mass is 9.73. The Labute approximate surface area is 118 Å². The van der Waals surface area contributed by atoms with E-state index in [1.165, 1.54) is 6.33 Å². The number of hydrogen-bond donors (Lipinski definition) is 2. The molecule has 0 spiro atoms. The van der Waals surface area contributed by atoms with Crippen LogP contribution in [0.3, 0.4) is 0 Å². The average molecular weight is 279 g/mol. The van der Waals surface area contributed by atoms with Gasteiger partial charge in [0, 0.05) is 31.0 Å². The van der Waals surface area contributed by atoms with Crippen LogP contribution in [0.5, 0.6) is 0 Å². The maximum Gasteiger partial charge on any atom is 0.312 e. The molecule has 0 aliphatic carbocycles. The van der Waals surface area contributed by atoms with E-state index in [1.54, 1.807) is 12.4 Å². The maximum atomic E-state index is 11.5. The Bertz CT molecular complexity index is 454. The van der Waals surface area contributed by atoms with Crippen LogP contribution in [0, 0.1) is 5.41 Å². The standard InChI is InChI=1S/C14H21N3O3/c1-2-3-14(13(19)20)4-5-17(9-12(14)18)8-11-6-15-10-16-7-11/h6-7,10,12,18H,2-5,8-9H2,1H3,(H,19,20)/t12-,14+/m1/s1. The zero-order valence-electron chi connectivity index (χ0n) is 11.7. The van der Waals surface area contributed by atoms with Crippen molar-refractivity contribution in [2.45, 2.75) is 38.8 Å². The van der Waals surface area contributed by atoms with Gasteiger partial charge >= 0.3 is 5.97 Å². The third-order valence-corrected chi connectivity index (χ3v) is 4.09. The average Bonchev–Trinajstić information content (AvgIpc) is 2.43. The molecule has 0 amide bonds. The molecule has 6 heteroatoms. The number of carboxylic acid groups (broad SMARTS) is 1. The highest BCUT2D eigenvalue weighted by Crippen LogP contribution is 2.37. The molecule has 2 rings (SSSR count). The van der Waals surface area contributed by atoms with Gasteiger partial charge in [-0.1, -0.05) is 13.3 Å². The number of carbonyl (C=O) groups is 1. The Morgan fingerprint density at radius 2 is 2.20 bits per heavy atom. The first kappa shape index (κ1) is 14.9. The lowest BCUT2D eigenvalue weighted by Crippen LogP contribution is -2.54. The van der Waals surface area contributed by atoms with Crippen LogP contribution in [-0.2, 0) is 11.3 Å². The molecular weight excluding hydrogens is 258 g/mol. The SMILES string of the molecule is CCC[C@]1(C(=O)O)CCN(Cc2cncnc2)C[C@H]1O. The highest BCUT2D eigenvalue weighted by atomic mass is 16.4. The van der Waals surface area contributed by atoms with Crippen molar-refractivity contribution in [1.29, 1.82) is 0 Å². The predicted octanol–water partition coefficient (Wildman–Crippen LogP) is 0.914. The number of aliphatic hydroxyl groups is 1. The molecule has 1 aliphatic rings. The number of carboxylic acids is 1. The minimum absolute atomic E-state index is 0.376. The van der Waals surface area contributed by atoms with E-state index >= 15 is 0 Å². The molecule has 2 atom stereocenters. The van der Waals surface area contributed by atoms with Gasteiger partial charge in [-0.2, -0.15) is 0 Å². The minimum Gasteiger partial charge on any atom is -0.481 e. The van der Waals surface area contributed by atoms with E-state index in [0.29, 0.717) is 32.5 Å². The van der Waals surface area contributed by atoms with Gasteiger partial charge in [0.15, 0.2) is 0 Å². The number of aliphatic carboxylic acids is 1. The number of hydrogen-bond acceptors (Lipinski definition) is 5. The smallest absolute Gasteiger partial charge is 0.312 e. The van der Waals surface area contributed by atoms with Crippen molar-refractivity contribution in [3.8, 4) is 0 Å². The van der Waals surface area contributed by atoms with Crippen LogP contribution >= 0.6 is 0 Å². The van der Waals surface area contributed by atoms with E-state index in [1.807, 2.05) is 6.92 Å². The summed E-state index contributed by atoms with van der Waals surface area (Å²) < 4.78 is 0. The largest absolute Gasteiger partial charge is 0.481 e. The van der Waals surface area contributed by atoms with Gasteiger partial charge in [0.2, 0.25) is 0 Å². The van der Waals surface area contributed by atoms with Crippen LogP contribution in [0.4, 0.5) is 0 Å². The molecule has 1 aromatic heterocycles. The van der Waals surface area contributed by atoms with Crippen LogP contribution in [-0.4, -0.2) is 50.2 Å². The number of nitrogens with zero attached hydrogens (tertiary/aromatic N) is 3. The number of aliphatic hydroxyl groups excluding tert-OH is 1. The van der Waals surface area contributed by atoms with E-state index in [-0.39, 0.29) is 0 Å². The number of aromatic nitrogens is 2. The molecule has 20 heavy (non-hydrogen) atoms. The van der Waals surface area contributed by atoms with Crippen LogP contribution in [0.25, 0.3) is 0 Å². The van der Waals surface area contributed by atoms with Crippen molar-refractivity contribution < 1.29 is 15.0 Å². The lowest BCUT2D eigenvalue weighted by Gasteiger charge is -2.42. The molecule has 6 nitrogen and oxygen atoms in total. The van der Waals surface area contributed by atoms with Gasteiger partial charge < -0.3 is 10.2 Å². The molecule has 0 bridgehead atoms. The Kier molecular flexibility index (Phi) is 4.67. The molecular formula is C14H21N3O3. The first-order valence-corrected chi connectivity index (χ1v) is 6.96. The normalized spacial score (nSPS) is 27.4. The summed E-state index contributed by atoms with van der Waals surface area (Å²) in [5, 5.41) is 19.8. The van der Waals surface area contributed by atoms with E-state index < -0.39 is 17.5 Å².